The van der Waals surface area contributed by atoms with Gasteiger partial charge in [-0.2, -0.15) is 0 Å². The summed E-state index contributed by atoms with van der Waals surface area (Å²) in [6.07, 6.45) is 0.195. The highest BCUT2D eigenvalue weighted by molar-refractivity contribution is 6.04. The average molecular weight is 278 g/mol. The number of rotatable bonds is 1. The van der Waals surface area contributed by atoms with Crippen molar-refractivity contribution in [2.75, 3.05) is 0 Å². The molecule has 1 heterocycles. The van der Waals surface area contributed by atoms with E-state index in [1.54, 1.807) is 6.07 Å². The number of aryl methyl sites for hydroxylation is 1. The van der Waals surface area contributed by atoms with Gasteiger partial charge in [-0.3, -0.25) is 4.79 Å². The molecule has 2 aromatic rings. The van der Waals surface area contributed by atoms with Gasteiger partial charge in [-0.05, 0) is 30.5 Å². The molecule has 2 aliphatic rings. The summed E-state index contributed by atoms with van der Waals surface area (Å²) in [5.41, 5.74) is 4.42. The number of cyclic esters (lactones) is 1. The third-order valence-corrected chi connectivity index (χ3v) is 4.52. The fraction of sp³-hybridized carbons (Fsp3) is 0.222. The Kier molecular flexibility index (Phi) is 2.52. The Morgan fingerprint density at radius 2 is 1.76 bits per heavy atom. The Labute approximate surface area is 122 Å². The second-order valence-electron chi connectivity index (χ2n) is 5.69. The second-order valence-corrected chi connectivity index (χ2v) is 5.69. The lowest BCUT2D eigenvalue weighted by atomic mass is 9.91. The molecule has 3 nitrogen and oxygen atoms in total. The summed E-state index contributed by atoms with van der Waals surface area (Å²) in [6.45, 7) is 2.02. The van der Waals surface area contributed by atoms with Gasteiger partial charge in [0.2, 0.25) is 0 Å². The molecular weight excluding hydrogens is 264 g/mol. The van der Waals surface area contributed by atoms with Crippen LogP contribution in [0.25, 0.3) is 0 Å². The van der Waals surface area contributed by atoms with Crippen LogP contribution >= 0.6 is 0 Å². The zero-order chi connectivity index (χ0) is 14.6. The van der Waals surface area contributed by atoms with Crippen molar-refractivity contribution in [1.29, 1.82) is 0 Å². The highest BCUT2D eigenvalue weighted by atomic mass is 16.5. The minimum absolute atomic E-state index is 0.0863. The number of carbonyl (C=O) groups is 2. The first kappa shape index (κ1) is 12.3. The van der Waals surface area contributed by atoms with Crippen LogP contribution in [0.4, 0.5) is 0 Å². The van der Waals surface area contributed by atoms with Crippen LogP contribution in [0.15, 0.2) is 42.5 Å². The zero-order valence-electron chi connectivity index (χ0n) is 11.6. The predicted octanol–water partition coefficient (Wildman–Crippen LogP) is 3.26. The Hall–Kier alpha value is -2.42. The van der Waals surface area contributed by atoms with Gasteiger partial charge in [0.15, 0.2) is 5.78 Å². The van der Waals surface area contributed by atoms with Gasteiger partial charge in [0.05, 0.1) is 11.5 Å². The van der Waals surface area contributed by atoms with E-state index in [1.165, 1.54) is 0 Å². The normalized spacial score (nSPS) is 22.9. The number of hydrogen-bond donors (Lipinski definition) is 0. The smallest absolute Gasteiger partial charge is 0.339 e. The molecule has 2 aromatic carbocycles. The van der Waals surface area contributed by atoms with Crippen LogP contribution in [-0.4, -0.2) is 11.8 Å². The van der Waals surface area contributed by atoms with E-state index in [1.807, 2.05) is 43.3 Å². The number of carbonyl (C=O) groups excluding carboxylic acids is 2. The molecule has 1 aliphatic carbocycles. The largest absolute Gasteiger partial charge is 0.453 e. The predicted molar refractivity (Wildman–Crippen MR) is 77.3 cm³/mol. The molecular formula is C18H14O3. The molecule has 2 atom stereocenters. The lowest BCUT2D eigenvalue weighted by molar-refractivity contribution is 0.0252. The second kappa shape index (κ2) is 4.29. The van der Waals surface area contributed by atoms with E-state index in [0.717, 1.165) is 22.3 Å². The molecule has 0 radical (unpaired) electrons. The number of ether oxygens (including phenoxy) is 1. The standard InChI is InChI=1S/C18H14O3/c1-10-5-4-8-11-14(10)9-15(16(11)19)17-12-6-2-3-7-13(12)18(20)21-17/h2-8,15,17H,9H2,1H3/t15-,17+/m0/s1. The lowest BCUT2D eigenvalue weighted by Gasteiger charge is -2.16. The number of Topliss-reactive ketones (excluding diaryl/α,β-unsaturated/α-hetero) is 1. The van der Waals surface area contributed by atoms with E-state index in [9.17, 15) is 9.59 Å². The molecule has 0 spiro atoms. The Morgan fingerprint density at radius 1 is 1.00 bits per heavy atom. The Bertz CT molecular complexity index is 776. The van der Waals surface area contributed by atoms with Gasteiger partial charge in [0.1, 0.15) is 6.10 Å². The molecule has 0 N–H and O–H groups in total. The molecule has 4 rings (SSSR count). The minimum atomic E-state index is -0.451. The van der Waals surface area contributed by atoms with E-state index in [2.05, 4.69) is 0 Å². The van der Waals surface area contributed by atoms with Crippen LogP contribution in [0.1, 0.15) is 43.5 Å². The first-order chi connectivity index (χ1) is 10.2. The fourth-order valence-electron chi connectivity index (χ4n) is 3.43. The van der Waals surface area contributed by atoms with Gasteiger partial charge in [0.25, 0.3) is 0 Å². The van der Waals surface area contributed by atoms with Crippen LogP contribution < -0.4 is 0 Å². The molecule has 3 heteroatoms. The van der Waals surface area contributed by atoms with E-state index in [-0.39, 0.29) is 17.7 Å². The van der Waals surface area contributed by atoms with Gasteiger partial charge in [-0.15, -0.1) is 0 Å². The average Bonchev–Trinajstić information content (AvgIpc) is 3.00. The van der Waals surface area contributed by atoms with Crippen LogP contribution in [0.3, 0.4) is 0 Å². The number of ketones is 1. The van der Waals surface area contributed by atoms with Crippen molar-refractivity contribution < 1.29 is 14.3 Å². The Balaban J connectivity index is 1.76. The summed E-state index contributed by atoms with van der Waals surface area (Å²) in [6, 6.07) is 13.1. The van der Waals surface area contributed by atoms with Gasteiger partial charge in [-0.1, -0.05) is 36.4 Å². The maximum atomic E-state index is 12.7. The summed E-state index contributed by atoms with van der Waals surface area (Å²) >= 11 is 0. The SMILES string of the molecule is Cc1cccc2c1C[C@H]([C@@H]1OC(=O)c3ccccc31)C2=O. The van der Waals surface area contributed by atoms with Gasteiger partial charge in [-0.25, -0.2) is 4.79 Å². The number of esters is 1. The first-order valence-corrected chi connectivity index (χ1v) is 7.09. The Morgan fingerprint density at radius 3 is 2.57 bits per heavy atom. The monoisotopic (exact) mass is 278 g/mol. The van der Waals surface area contributed by atoms with Crippen molar-refractivity contribution >= 4 is 11.8 Å². The van der Waals surface area contributed by atoms with Crippen LogP contribution in [0.2, 0.25) is 0 Å². The number of fused-ring (bicyclic) bond motifs is 2. The van der Waals surface area contributed by atoms with Crippen molar-refractivity contribution in [3.63, 3.8) is 0 Å². The summed E-state index contributed by atoms with van der Waals surface area (Å²) in [7, 11) is 0. The molecule has 0 unspecified atom stereocenters. The molecule has 104 valence electrons. The van der Waals surface area contributed by atoms with Crippen molar-refractivity contribution in [2.24, 2.45) is 5.92 Å². The van der Waals surface area contributed by atoms with E-state index < -0.39 is 6.10 Å². The van der Waals surface area contributed by atoms with Gasteiger partial charge in [0, 0.05) is 11.1 Å². The quantitative estimate of drug-likeness (QED) is 0.752. The molecule has 0 bridgehead atoms. The third-order valence-electron chi connectivity index (χ3n) is 4.52. The van der Waals surface area contributed by atoms with Crippen molar-refractivity contribution in [3.8, 4) is 0 Å². The van der Waals surface area contributed by atoms with Crippen LogP contribution in [-0.2, 0) is 11.2 Å². The number of benzene rings is 2. The third kappa shape index (κ3) is 1.67. The molecule has 0 saturated carbocycles. The topological polar surface area (TPSA) is 43.4 Å². The minimum Gasteiger partial charge on any atom is -0.453 e. The zero-order valence-corrected chi connectivity index (χ0v) is 11.6. The lowest BCUT2D eigenvalue weighted by Crippen LogP contribution is -2.19. The summed E-state index contributed by atoms with van der Waals surface area (Å²) in [5, 5.41) is 0. The summed E-state index contributed by atoms with van der Waals surface area (Å²) in [4.78, 5) is 24.6. The summed E-state index contributed by atoms with van der Waals surface area (Å²) < 4.78 is 5.50. The molecule has 21 heavy (non-hydrogen) atoms. The molecule has 0 amide bonds. The maximum Gasteiger partial charge on any atom is 0.339 e. The molecule has 0 saturated heterocycles. The van der Waals surface area contributed by atoms with Crippen molar-refractivity contribution in [1.82, 2.24) is 0 Å². The maximum absolute atomic E-state index is 12.7. The van der Waals surface area contributed by atoms with E-state index >= 15 is 0 Å². The van der Waals surface area contributed by atoms with Crippen molar-refractivity contribution in [3.05, 3.63) is 70.3 Å². The van der Waals surface area contributed by atoms with Gasteiger partial charge < -0.3 is 4.74 Å². The fourth-order valence-corrected chi connectivity index (χ4v) is 3.43. The number of hydrogen-bond acceptors (Lipinski definition) is 3. The van der Waals surface area contributed by atoms with E-state index in [4.69, 9.17) is 4.74 Å². The van der Waals surface area contributed by atoms with Crippen LogP contribution in [0, 0.1) is 12.8 Å². The summed E-state index contributed by atoms with van der Waals surface area (Å²) in [5.74, 6) is -0.534. The molecule has 1 aliphatic heterocycles. The first-order valence-electron chi connectivity index (χ1n) is 7.09. The highest BCUT2D eigenvalue weighted by Gasteiger charge is 2.44. The van der Waals surface area contributed by atoms with Gasteiger partial charge >= 0.3 is 5.97 Å². The van der Waals surface area contributed by atoms with Crippen molar-refractivity contribution in [2.45, 2.75) is 19.4 Å². The van der Waals surface area contributed by atoms with E-state index in [0.29, 0.717) is 12.0 Å². The highest BCUT2D eigenvalue weighted by Crippen LogP contribution is 2.43. The molecule has 0 aromatic heterocycles. The van der Waals surface area contributed by atoms with Crippen LogP contribution in [0.5, 0.6) is 0 Å². The molecule has 0 fully saturated rings.